The van der Waals surface area contributed by atoms with E-state index in [1.54, 1.807) is 0 Å². The zero-order chi connectivity index (χ0) is 15.2. The second-order valence-corrected chi connectivity index (χ2v) is 5.15. The van der Waals surface area contributed by atoms with Crippen molar-refractivity contribution in [1.82, 2.24) is 4.90 Å². The number of hydrogen-bond donors (Lipinski definition) is 1. The van der Waals surface area contributed by atoms with Gasteiger partial charge in [-0.3, -0.25) is 4.79 Å². The van der Waals surface area contributed by atoms with Crippen LogP contribution in [0.4, 0.5) is 5.69 Å². The molecule has 0 unspecified atom stereocenters. The molecule has 21 heavy (non-hydrogen) atoms. The molecule has 2 rings (SSSR count). The topological polar surface area (TPSA) is 50.8 Å². The Kier molecular flexibility index (Phi) is 5.22. The van der Waals surface area contributed by atoms with Crippen LogP contribution in [0.1, 0.15) is 13.3 Å². The van der Waals surface area contributed by atoms with Crippen molar-refractivity contribution in [3.05, 3.63) is 35.7 Å². The molecule has 0 bridgehead atoms. The van der Waals surface area contributed by atoms with Crippen molar-refractivity contribution in [2.45, 2.75) is 13.3 Å². The number of benzene rings is 1. The van der Waals surface area contributed by atoms with E-state index in [1.807, 2.05) is 45.3 Å². The van der Waals surface area contributed by atoms with Crippen LogP contribution >= 0.6 is 0 Å². The van der Waals surface area contributed by atoms with E-state index in [4.69, 9.17) is 9.47 Å². The van der Waals surface area contributed by atoms with Crippen LogP contribution in [0.3, 0.4) is 0 Å². The van der Waals surface area contributed by atoms with Gasteiger partial charge in [0.15, 0.2) is 12.5 Å². The predicted octanol–water partition coefficient (Wildman–Crippen LogP) is 2.26. The molecule has 1 heterocycles. The van der Waals surface area contributed by atoms with Crippen LogP contribution in [-0.2, 0) is 9.53 Å². The highest BCUT2D eigenvalue weighted by molar-refractivity contribution is 5.99. The summed E-state index contributed by atoms with van der Waals surface area (Å²) in [6.45, 7) is 3.51. The smallest absolute Gasteiger partial charge is 0.201 e. The molecule has 0 aliphatic carbocycles. The summed E-state index contributed by atoms with van der Waals surface area (Å²) in [5.74, 6) is 1.35. The molecule has 1 N–H and O–H groups in total. The normalized spacial score (nSPS) is 14.6. The molecule has 0 atom stereocenters. The number of rotatable bonds is 7. The van der Waals surface area contributed by atoms with Crippen molar-refractivity contribution >= 4 is 11.5 Å². The van der Waals surface area contributed by atoms with Gasteiger partial charge in [-0.15, -0.1) is 0 Å². The van der Waals surface area contributed by atoms with E-state index in [0.29, 0.717) is 24.5 Å². The van der Waals surface area contributed by atoms with Crippen LogP contribution in [0, 0.1) is 0 Å². The Morgan fingerprint density at radius 2 is 2.10 bits per heavy atom. The van der Waals surface area contributed by atoms with Gasteiger partial charge in [0.2, 0.25) is 5.78 Å². The number of ketones is 1. The SMILES string of the molecule is CCC1=C(Nc2ccccc2OCCN(C)C)OCC1=O. The quantitative estimate of drug-likeness (QED) is 0.835. The van der Waals surface area contributed by atoms with E-state index in [0.717, 1.165) is 18.0 Å². The third-order valence-electron chi connectivity index (χ3n) is 3.24. The summed E-state index contributed by atoms with van der Waals surface area (Å²) >= 11 is 0. The molecule has 0 aromatic heterocycles. The highest BCUT2D eigenvalue weighted by Gasteiger charge is 2.23. The third-order valence-corrected chi connectivity index (χ3v) is 3.24. The Hall–Kier alpha value is -2.01. The number of Topliss-reactive ketones (excluding diaryl/α,β-unsaturated/α-hetero) is 1. The summed E-state index contributed by atoms with van der Waals surface area (Å²) in [6.07, 6.45) is 0.658. The summed E-state index contributed by atoms with van der Waals surface area (Å²) < 4.78 is 11.2. The average molecular weight is 290 g/mol. The molecular formula is C16H22N2O3. The Morgan fingerprint density at radius 3 is 2.81 bits per heavy atom. The number of carbonyl (C=O) groups is 1. The van der Waals surface area contributed by atoms with Gasteiger partial charge in [-0.2, -0.15) is 0 Å². The fourth-order valence-electron chi connectivity index (χ4n) is 2.06. The van der Waals surface area contributed by atoms with E-state index in [1.165, 1.54) is 0 Å². The highest BCUT2D eigenvalue weighted by Crippen LogP contribution is 2.28. The molecule has 1 aromatic carbocycles. The van der Waals surface area contributed by atoms with Gasteiger partial charge in [-0.25, -0.2) is 0 Å². The first-order valence-corrected chi connectivity index (χ1v) is 7.14. The maximum atomic E-state index is 11.7. The molecule has 0 fully saturated rings. The van der Waals surface area contributed by atoms with Crippen molar-refractivity contribution in [3.63, 3.8) is 0 Å². The Morgan fingerprint density at radius 1 is 1.33 bits per heavy atom. The maximum absolute atomic E-state index is 11.7. The first-order valence-electron chi connectivity index (χ1n) is 7.14. The lowest BCUT2D eigenvalue weighted by Crippen LogP contribution is -2.19. The van der Waals surface area contributed by atoms with E-state index in [2.05, 4.69) is 10.2 Å². The Balaban J connectivity index is 2.10. The number of carbonyl (C=O) groups excluding carboxylic acids is 1. The van der Waals surface area contributed by atoms with Crippen LogP contribution in [-0.4, -0.2) is 44.5 Å². The van der Waals surface area contributed by atoms with Gasteiger partial charge in [-0.1, -0.05) is 19.1 Å². The minimum absolute atomic E-state index is 0.0472. The highest BCUT2D eigenvalue weighted by atomic mass is 16.5. The summed E-state index contributed by atoms with van der Waals surface area (Å²) in [7, 11) is 4.01. The molecule has 0 amide bonds. The standard InChI is InChI=1S/C16H22N2O3/c1-4-12-14(19)11-21-16(12)17-13-7-5-6-8-15(13)20-10-9-18(2)3/h5-8,17H,4,9-11H2,1-3H3. The Bertz CT molecular complexity index is 538. The summed E-state index contributed by atoms with van der Waals surface area (Å²) in [4.78, 5) is 13.7. The van der Waals surface area contributed by atoms with Crippen molar-refractivity contribution < 1.29 is 14.3 Å². The van der Waals surface area contributed by atoms with Crippen LogP contribution in [0.5, 0.6) is 5.75 Å². The van der Waals surface area contributed by atoms with Gasteiger partial charge in [-0.05, 0) is 32.6 Å². The molecule has 1 aromatic rings. The number of para-hydroxylation sites is 2. The van der Waals surface area contributed by atoms with Crippen LogP contribution < -0.4 is 10.1 Å². The lowest BCUT2D eigenvalue weighted by atomic mass is 10.1. The van der Waals surface area contributed by atoms with Gasteiger partial charge in [0, 0.05) is 6.54 Å². The molecule has 0 spiro atoms. The zero-order valence-electron chi connectivity index (χ0n) is 12.8. The van der Waals surface area contributed by atoms with Crippen molar-refractivity contribution in [1.29, 1.82) is 0 Å². The minimum atomic E-state index is 0.0472. The number of nitrogens with one attached hydrogen (secondary N) is 1. The molecule has 0 saturated carbocycles. The fraction of sp³-hybridized carbons (Fsp3) is 0.438. The van der Waals surface area contributed by atoms with Gasteiger partial charge in [0.25, 0.3) is 0 Å². The van der Waals surface area contributed by atoms with Gasteiger partial charge in [0.05, 0.1) is 11.3 Å². The van der Waals surface area contributed by atoms with E-state index < -0.39 is 0 Å². The maximum Gasteiger partial charge on any atom is 0.201 e. The lowest BCUT2D eigenvalue weighted by molar-refractivity contribution is -0.116. The number of likely N-dealkylation sites (N-methyl/N-ethyl adjacent to an activating group) is 1. The molecule has 5 nitrogen and oxygen atoms in total. The minimum Gasteiger partial charge on any atom is -0.490 e. The van der Waals surface area contributed by atoms with E-state index in [-0.39, 0.29) is 12.4 Å². The average Bonchev–Trinajstić information content (AvgIpc) is 2.80. The number of anilines is 1. The molecule has 5 heteroatoms. The third kappa shape index (κ3) is 3.98. The first kappa shape index (κ1) is 15.4. The van der Waals surface area contributed by atoms with Gasteiger partial charge in [0.1, 0.15) is 12.4 Å². The second-order valence-electron chi connectivity index (χ2n) is 5.15. The Labute approximate surface area is 125 Å². The van der Waals surface area contributed by atoms with Crippen molar-refractivity contribution in [3.8, 4) is 5.75 Å². The number of hydrogen-bond acceptors (Lipinski definition) is 5. The van der Waals surface area contributed by atoms with Crippen LogP contribution in [0.15, 0.2) is 35.7 Å². The summed E-state index contributed by atoms with van der Waals surface area (Å²) in [6, 6.07) is 7.66. The van der Waals surface area contributed by atoms with E-state index >= 15 is 0 Å². The van der Waals surface area contributed by atoms with E-state index in [9.17, 15) is 4.79 Å². The summed E-state index contributed by atoms with van der Waals surface area (Å²) in [5.41, 5.74) is 1.52. The first-order chi connectivity index (χ1) is 10.1. The monoisotopic (exact) mass is 290 g/mol. The van der Waals surface area contributed by atoms with Crippen LogP contribution in [0.2, 0.25) is 0 Å². The second kappa shape index (κ2) is 7.13. The molecular weight excluding hydrogens is 268 g/mol. The number of ether oxygens (including phenoxy) is 2. The molecule has 0 saturated heterocycles. The van der Waals surface area contributed by atoms with Crippen molar-refractivity contribution in [2.24, 2.45) is 0 Å². The summed E-state index contributed by atoms with van der Waals surface area (Å²) in [5, 5.41) is 3.18. The van der Waals surface area contributed by atoms with Gasteiger partial charge >= 0.3 is 0 Å². The molecule has 1 aliphatic rings. The van der Waals surface area contributed by atoms with Crippen LogP contribution in [0.25, 0.3) is 0 Å². The van der Waals surface area contributed by atoms with Crippen molar-refractivity contribution in [2.75, 3.05) is 39.2 Å². The zero-order valence-corrected chi connectivity index (χ0v) is 12.8. The molecule has 1 aliphatic heterocycles. The lowest BCUT2D eigenvalue weighted by Gasteiger charge is -2.15. The fourth-order valence-corrected chi connectivity index (χ4v) is 2.06. The number of nitrogens with zero attached hydrogens (tertiary/aromatic N) is 1. The molecule has 0 radical (unpaired) electrons. The molecule has 114 valence electrons. The largest absolute Gasteiger partial charge is 0.490 e. The predicted molar refractivity (Wildman–Crippen MR) is 82.4 cm³/mol. The van der Waals surface area contributed by atoms with Gasteiger partial charge < -0.3 is 19.7 Å².